The summed E-state index contributed by atoms with van der Waals surface area (Å²) in [5.74, 6) is 0.709. The van der Waals surface area contributed by atoms with Gasteiger partial charge in [-0.15, -0.1) is 0 Å². The number of carbonyl (C=O) groups excluding carboxylic acids is 3. The number of hydrogen-bond donors (Lipinski definition) is 1. The predicted molar refractivity (Wildman–Crippen MR) is 114 cm³/mol. The van der Waals surface area contributed by atoms with Gasteiger partial charge in [-0.1, -0.05) is 6.92 Å². The lowest BCUT2D eigenvalue weighted by Crippen LogP contribution is -2.43. The highest BCUT2D eigenvalue weighted by Gasteiger charge is 2.28. The highest BCUT2D eigenvalue weighted by molar-refractivity contribution is 6.06. The molecule has 3 rings (SSSR count). The van der Waals surface area contributed by atoms with E-state index >= 15 is 0 Å². The maximum atomic E-state index is 12.7. The van der Waals surface area contributed by atoms with Crippen LogP contribution in [0.1, 0.15) is 23.7 Å². The summed E-state index contributed by atoms with van der Waals surface area (Å²) < 4.78 is 21.3. The van der Waals surface area contributed by atoms with E-state index in [0.29, 0.717) is 46.4 Å². The molecule has 0 spiro atoms. The summed E-state index contributed by atoms with van der Waals surface area (Å²) in [4.78, 5) is 38.6. The van der Waals surface area contributed by atoms with Crippen LogP contribution in [0, 0.1) is 0 Å². The lowest BCUT2D eigenvalue weighted by Gasteiger charge is -2.29. The molecule has 2 amide bonds. The zero-order valence-corrected chi connectivity index (χ0v) is 17.8. The van der Waals surface area contributed by atoms with Gasteiger partial charge in [-0.2, -0.15) is 0 Å². The fraction of sp³-hybridized carbons (Fsp3) is 0.318. The minimum atomic E-state index is -0.442. The van der Waals surface area contributed by atoms with Crippen molar-refractivity contribution in [3.8, 4) is 23.0 Å². The monoisotopic (exact) mass is 428 g/mol. The third kappa shape index (κ3) is 4.55. The maximum Gasteiger partial charge on any atom is 0.265 e. The van der Waals surface area contributed by atoms with E-state index < -0.39 is 5.91 Å². The van der Waals surface area contributed by atoms with Crippen LogP contribution in [-0.2, 0) is 9.59 Å². The SMILES string of the molecule is CCC(=O)c1ccc2c(c1)N(CC(=O)Nc1cc(OC)c(OC)c(OC)c1)C(=O)CO2. The fourth-order valence-corrected chi connectivity index (χ4v) is 3.25. The minimum Gasteiger partial charge on any atom is -0.493 e. The number of ketones is 1. The van der Waals surface area contributed by atoms with Crippen LogP contribution >= 0.6 is 0 Å². The molecule has 164 valence electrons. The van der Waals surface area contributed by atoms with Gasteiger partial charge in [0.2, 0.25) is 11.7 Å². The molecule has 0 saturated heterocycles. The number of hydrogen-bond acceptors (Lipinski definition) is 7. The van der Waals surface area contributed by atoms with E-state index in [1.165, 1.54) is 26.2 Å². The topological polar surface area (TPSA) is 103 Å². The molecule has 0 radical (unpaired) electrons. The molecule has 2 aromatic carbocycles. The van der Waals surface area contributed by atoms with E-state index in [2.05, 4.69) is 5.32 Å². The van der Waals surface area contributed by atoms with Crippen molar-refractivity contribution in [3.05, 3.63) is 35.9 Å². The quantitative estimate of drug-likeness (QED) is 0.645. The molecule has 0 fully saturated rings. The highest BCUT2D eigenvalue weighted by atomic mass is 16.5. The summed E-state index contributed by atoms with van der Waals surface area (Å²) in [7, 11) is 4.43. The largest absolute Gasteiger partial charge is 0.493 e. The van der Waals surface area contributed by atoms with E-state index in [1.54, 1.807) is 37.3 Å². The molecule has 1 heterocycles. The van der Waals surface area contributed by atoms with Crippen LogP contribution in [0.15, 0.2) is 30.3 Å². The number of Topliss-reactive ketones (excluding diaryl/α,β-unsaturated/α-hetero) is 1. The molecule has 1 aliphatic heterocycles. The molecule has 0 atom stereocenters. The number of rotatable bonds is 8. The van der Waals surface area contributed by atoms with Gasteiger partial charge in [-0.05, 0) is 18.2 Å². The number of amides is 2. The van der Waals surface area contributed by atoms with E-state index in [4.69, 9.17) is 18.9 Å². The van der Waals surface area contributed by atoms with Crippen molar-refractivity contribution in [2.24, 2.45) is 0 Å². The summed E-state index contributed by atoms with van der Waals surface area (Å²) in [5, 5.41) is 2.73. The number of ether oxygens (including phenoxy) is 4. The smallest absolute Gasteiger partial charge is 0.265 e. The van der Waals surface area contributed by atoms with Gasteiger partial charge in [-0.3, -0.25) is 19.3 Å². The molecular weight excluding hydrogens is 404 g/mol. The molecule has 9 nitrogen and oxygen atoms in total. The van der Waals surface area contributed by atoms with E-state index in [1.807, 2.05) is 0 Å². The maximum absolute atomic E-state index is 12.7. The van der Waals surface area contributed by atoms with Crippen LogP contribution in [0.4, 0.5) is 11.4 Å². The van der Waals surface area contributed by atoms with Crippen molar-refractivity contribution >= 4 is 29.0 Å². The first kappa shape index (κ1) is 21.9. The second kappa shape index (κ2) is 9.38. The molecule has 31 heavy (non-hydrogen) atoms. The standard InChI is InChI=1S/C22H24N2O7/c1-5-16(25)13-6-7-17-15(8-13)24(21(27)12-31-17)11-20(26)23-14-9-18(28-2)22(30-4)19(10-14)29-3/h6-10H,5,11-12H2,1-4H3,(H,23,26). The summed E-state index contributed by atoms with van der Waals surface area (Å²) >= 11 is 0. The Kier molecular flexibility index (Phi) is 6.64. The number of carbonyl (C=O) groups is 3. The molecule has 0 unspecified atom stereocenters. The first-order valence-corrected chi connectivity index (χ1v) is 9.62. The summed E-state index contributed by atoms with van der Waals surface area (Å²) in [6, 6.07) is 8.03. The molecule has 2 aromatic rings. The lowest BCUT2D eigenvalue weighted by atomic mass is 10.1. The van der Waals surface area contributed by atoms with Gasteiger partial charge in [0.15, 0.2) is 23.9 Å². The second-order valence-corrected chi connectivity index (χ2v) is 6.69. The van der Waals surface area contributed by atoms with Crippen LogP contribution in [-0.4, -0.2) is 52.1 Å². The number of nitrogens with one attached hydrogen (secondary N) is 1. The van der Waals surface area contributed by atoms with E-state index in [0.717, 1.165) is 0 Å². The van der Waals surface area contributed by atoms with Gasteiger partial charge in [0.1, 0.15) is 12.3 Å². The normalized spacial score (nSPS) is 12.5. The summed E-state index contributed by atoms with van der Waals surface area (Å²) in [5.41, 5.74) is 1.25. The number of fused-ring (bicyclic) bond motifs is 1. The lowest BCUT2D eigenvalue weighted by molar-refractivity contribution is -0.123. The molecule has 0 saturated carbocycles. The molecule has 1 N–H and O–H groups in total. The van der Waals surface area contributed by atoms with Crippen LogP contribution < -0.4 is 29.2 Å². The van der Waals surface area contributed by atoms with Crippen LogP contribution in [0.25, 0.3) is 0 Å². The average Bonchev–Trinajstić information content (AvgIpc) is 2.79. The molecule has 9 heteroatoms. The fourth-order valence-electron chi connectivity index (χ4n) is 3.25. The molecule has 0 aliphatic carbocycles. The van der Waals surface area contributed by atoms with Gasteiger partial charge in [-0.25, -0.2) is 0 Å². The highest BCUT2D eigenvalue weighted by Crippen LogP contribution is 2.40. The van der Waals surface area contributed by atoms with E-state index in [-0.39, 0.29) is 24.8 Å². The van der Waals surface area contributed by atoms with Gasteiger partial charge < -0.3 is 24.3 Å². The van der Waals surface area contributed by atoms with Crippen molar-refractivity contribution in [3.63, 3.8) is 0 Å². The van der Waals surface area contributed by atoms with Crippen molar-refractivity contribution in [1.82, 2.24) is 0 Å². The number of anilines is 2. The Labute approximate surface area is 179 Å². The Hall–Kier alpha value is -3.75. The van der Waals surface area contributed by atoms with Gasteiger partial charge in [0, 0.05) is 29.8 Å². The zero-order chi connectivity index (χ0) is 22.5. The van der Waals surface area contributed by atoms with Crippen molar-refractivity contribution in [2.45, 2.75) is 13.3 Å². The minimum absolute atomic E-state index is 0.0670. The van der Waals surface area contributed by atoms with Crippen LogP contribution in [0.3, 0.4) is 0 Å². The third-order valence-corrected chi connectivity index (χ3v) is 4.80. The second-order valence-electron chi connectivity index (χ2n) is 6.69. The zero-order valence-electron chi connectivity index (χ0n) is 17.8. The Morgan fingerprint density at radius 2 is 1.74 bits per heavy atom. The van der Waals surface area contributed by atoms with Crippen molar-refractivity contribution in [2.75, 3.05) is 44.7 Å². The number of benzene rings is 2. The van der Waals surface area contributed by atoms with Crippen molar-refractivity contribution < 1.29 is 33.3 Å². The molecule has 0 bridgehead atoms. The van der Waals surface area contributed by atoms with Crippen LogP contribution in [0.2, 0.25) is 0 Å². The van der Waals surface area contributed by atoms with Crippen LogP contribution in [0.5, 0.6) is 23.0 Å². The Morgan fingerprint density at radius 3 is 2.32 bits per heavy atom. The first-order chi connectivity index (χ1) is 14.9. The summed E-state index contributed by atoms with van der Waals surface area (Å²) in [6.45, 7) is 1.31. The van der Waals surface area contributed by atoms with Gasteiger partial charge in [0.05, 0.1) is 27.0 Å². The first-order valence-electron chi connectivity index (χ1n) is 9.62. The number of nitrogens with zero attached hydrogens (tertiary/aromatic N) is 1. The average molecular weight is 428 g/mol. The van der Waals surface area contributed by atoms with Crippen molar-refractivity contribution in [1.29, 1.82) is 0 Å². The molecule has 0 aromatic heterocycles. The van der Waals surface area contributed by atoms with Gasteiger partial charge in [0.25, 0.3) is 5.91 Å². The summed E-state index contributed by atoms with van der Waals surface area (Å²) in [6.07, 6.45) is 0.329. The predicted octanol–water partition coefficient (Wildman–Crippen LogP) is 2.67. The molecule has 1 aliphatic rings. The Morgan fingerprint density at radius 1 is 1.06 bits per heavy atom. The Bertz CT molecular complexity index is 994. The Balaban J connectivity index is 1.84. The third-order valence-electron chi connectivity index (χ3n) is 4.80. The van der Waals surface area contributed by atoms with E-state index in [9.17, 15) is 14.4 Å². The van der Waals surface area contributed by atoms with Gasteiger partial charge >= 0.3 is 0 Å². The number of methoxy groups -OCH3 is 3. The molecular formula is C22H24N2O7.